The van der Waals surface area contributed by atoms with Crippen LogP contribution in [0.2, 0.25) is 0 Å². The quantitative estimate of drug-likeness (QED) is 0.469. The third kappa shape index (κ3) is 8.09. The van der Waals surface area contributed by atoms with Gasteiger partial charge in [0.25, 0.3) is 5.91 Å². The Morgan fingerprint density at radius 2 is 1.56 bits per heavy atom. The first-order valence-corrected chi connectivity index (χ1v) is 9.69. The molecule has 0 saturated heterocycles. The van der Waals surface area contributed by atoms with Crippen molar-refractivity contribution < 1.29 is 36.6 Å². The summed E-state index contributed by atoms with van der Waals surface area (Å²) in [6.45, 7) is 5.25. The van der Waals surface area contributed by atoms with Gasteiger partial charge in [-0.25, -0.2) is 9.18 Å². The van der Waals surface area contributed by atoms with Gasteiger partial charge in [-0.15, -0.1) is 0 Å². The van der Waals surface area contributed by atoms with Gasteiger partial charge in [-0.3, -0.25) is 4.79 Å². The molecule has 0 aliphatic rings. The van der Waals surface area contributed by atoms with E-state index in [1.807, 2.05) is 0 Å². The molecule has 6 nitrogen and oxygen atoms in total. The van der Waals surface area contributed by atoms with Crippen molar-refractivity contribution in [2.24, 2.45) is 0 Å². The van der Waals surface area contributed by atoms with Crippen molar-refractivity contribution in [1.29, 1.82) is 0 Å². The number of ether oxygens (including phenoxy) is 2. The number of halogens is 4. The van der Waals surface area contributed by atoms with E-state index in [0.29, 0.717) is 5.56 Å². The van der Waals surface area contributed by atoms with Gasteiger partial charge in [0.05, 0.1) is 5.56 Å². The van der Waals surface area contributed by atoms with Crippen LogP contribution in [0.4, 0.5) is 22.4 Å². The van der Waals surface area contributed by atoms with E-state index < -0.39 is 35.2 Å². The first-order chi connectivity index (χ1) is 14.8. The van der Waals surface area contributed by atoms with Crippen LogP contribution < -0.4 is 15.4 Å². The highest BCUT2D eigenvalue weighted by Gasteiger charge is 2.29. The molecule has 10 heteroatoms. The van der Waals surface area contributed by atoms with Crippen molar-refractivity contribution in [3.8, 4) is 5.75 Å². The second-order valence-corrected chi connectivity index (χ2v) is 7.81. The molecule has 174 valence electrons. The molecule has 2 aromatic carbocycles. The smallest absolute Gasteiger partial charge is 0.416 e. The first kappa shape index (κ1) is 25.0. The van der Waals surface area contributed by atoms with Gasteiger partial charge in [0.1, 0.15) is 12.2 Å². The molecule has 0 bridgehead atoms. The Morgan fingerprint density at radius 3 is 2.12 bits per heavy atom. The number of alkyl halides is 3. The van der Waals surface area contributed by atoms with Crippen LogP contribution in [-0.2, 0) is 17.5 Å². The molecule has 0 radical (unpaired) electrons. The first-order valence-electron chi connectivity index (χ1n) is 9.69. The van der Waals surface area contributed by atoms with Crippen molar-refractivity contribution in [3.05, 3.63) is 65.0 Å². The monoisotopic (exact) mass is 456 g/mol. The van der Waals surface area contributed by atoms with Crippen LogP contribution >= 0.6 is 0 Å². The number of alkyl carbamates (subject to hydrolysis) is 1. The number of hydrogen-bond donors (Lipinski definition) is 2. The van der Waals surface area contributed by atoms with Crippen LogP contribution in [0, 0.1) is 5.82 Å². The SMILES string of the molecule is CC(C)(C)OC(=O)NCCNC(=O)c1ccc(OCc2ccc(C(F)(F)F)cc2)c(F)c1. The van der Waals surface area contributed by atoms with Crippen molar-refractivity contribution >= 4 is 12.0 Å². The minimum atomic E-state index is -4.44. The largest absolute Gasteiger partial charge is 0.486 e. The number of benzene rings is 2. The van der Waals surface area contributed by atoms with Crippen LogP contribution in [0.15, 0.2) is 42.5 Å². The molecular weight excluding hydrogens is 432 g/mol. The minimum Gasteiger partial charge on any atom is -0.486 e. The highest BCUT2D eigenvalue weighted by Crippen LogP contribution is 2.29. The maximum atomic E-state index is 14.3. The molecule has 0 fully saturated rings. The summed E-state index contributed by atoms with van der Waals surface area (Å²) in [4.78, 5) is 23.6. The number of carbonyl (C=O) groups is 2. The van der Waals surface area contributed by atoms with Crippen LogP contribution in [0.25, 0.3) is 0 Å². The van der Waals surface area contributed by atoms with E-state index in [1.54, 1.807) is 20.8 Å². The molecule has 0 unspecified atom stereocenters. The molecule has 32 heavy (non-hydrogen) atoms. The van der Waals surface area contributed by atoms with Gasteiger partial charge in [0.2, 0.25) is 0 Å². The Morgan fingerprint density at radius 1 is 0.938 bits per heavy atom. The highest BCUT2D eigenvalue weighted by atomic mass is 19.4. The number of nitrogens with one attached hydrogen (secondary N) is 2. The summed E-state index contributed by atoms with van der Waals surface area (Å²) in [6.07, 6.45) is -5.06. The fraction of sp³-hybridized carbons (Fsp3) is 0.364. The van der Waals surface area contributed by atoms with Crippen molar-refractivity contribution in [2.75, 3.05) is 13.1 Å². The Balaban J connectivity index is 1.83. The summed E-state index contributed by atoms with van der Waals surface area (Å²) in [7, 11) is 0. The molecule has 0 aromatic heterocycles. The van der Waals surface area contributed by atoms with Crippen molar-refractivity contribution in [1.82, 2.24) is 10.6 Å². The lowest BCUT2D eigenvalue weighted by molar-refractivity contribution is -0.137. The molecule has 0 spiro atoms. The summed E-state index contributed by atoms with van der Waals surface area (Å²) < 4.78 is 62.4. The van der Waals surface area contributed by atoms with Crippen LogP contribution in [0.5, 0.6) is 5.75 Å². The van der Waals surface area contributed by atoms with Gasteiger partial charge in [-0.05, 0) is 56.7 Å². The number of rotatable bonds is 7. The van der Waals surface area contributed by atoms with Gasteiger partial charge < -0.3 is 20.1 Å². The fourth-order valence-corrected chi connectivity index (χ4v) is 2.47. The maximum Gasteiger partial charge on any atom is 0.416 e. The Kier molecular flexibility index (Phi) is 8.07. The van der Waals surface area contributed by atoms with E-state index >= 15 is 0 Å². The molecule has 0 aliphatic carbocycles. The Hall–Kier alpha value is -3.30. The molecular formula is C22H24F4N2O4. The zero-order valence-corrected chi connectivity index (χ0v) is 17.8. The van der Waals surface area contributed by atoms with E-state index in [0.717, 1.165) is 18.2 Å². The van der Waals surface area contributed by atoms with E-state index in [9.17, 15) is 27.2 Å². The van der Waals surface area contributed by atoms with Crippen LogP contribution in [-0.4, -0.2) is 30.7 Å². The van der Waals surface area contributed by atoms with Crippen molar-refractivity contribution in [2.45, 2.75) is 39.2 Å². The lowest BCUT2D eigenvalue weighted by atomic mass is 10.1. The topological polar surface area (TPSA) is 76.7 Å². The van der Waals surface area contributed by atoms with Gasteiger partial charge in [0, 0.05) is 18.7 Å². The lowest BCUT2D eigenvalue weighted by Crippen LogP contribution is -2.37. The van der Waals surface area contributed by atoms with Crippen LogP contribution in [0.3, 0.4) is 0 Å². The van der Waals surface area contributed by atoms with E-state index in [4.69, 9.17) is 9.47 Å². The van der Waals surface area contributed by atoms with Gasteiger partial charge >= 0.3 is 12.3 Å². The molecule has 0 heterocycles. The molecule has 2 N–H and O–H groups in total. The summed E-state index contributed by atoms with van der Waals surface area (Å²) in [5, 5.41) is 5.01. The average Bonchev–Trinajstić information content (AvgIpc) is 2.68. The Bertz CT molecular complexity index is 938. The van der Waals surface area contributed by atoms with Crippen molar-refractivity contribution in [3.63, 3.8) is 0 Å². The zero-order valence-electron chi connectivity index (χ0n) is 17.8. The van der Waals surface area contributed by atoms with Gasteiger partial charge in [0.15, 0.2) is 11.6 Å². The predicted molar refractivity (Wildman–Crippen MR) is 109 cm³/mol. The number of carbonyl (C=O) groups excluding carboxylic acids is 2. The molecule has 0 atom stereocenters. The maximum absolute atomic E-state index is 14.3. The predicted octanol–water partition coefficient (Wildman–Crippen LogP) is 4.68. The van der Waals surface area contributed by atoms with Crippen LogP contribution in [0.1, 0.15) is 42.3 Å². The zero-order chi connectivity index (χ0) is 23.9. The highest BCUT2D eigenvalue weighted by molar-refractivity contribution is 5.94. The van der Waals surface area contributed by atoms with Gasteiger partial charge in [-0.2, -0.15) is 13.2 Å². The third-order valence-corrected chi connectivity index (χ3v) is 3.95. The van der Waals surface area contributed by atoms with E-state index in [1.165, 1.54) is 24.3 Å². The van der Waals surface area contributed by atoms with E-state index in [2.05, 4.69) is 10.6 Å². The number of amides is 2. The average molecular weight is 456 g/mol. The second-order valence-electron chi connectivity index (χ2n) is 7.81. The second kappa shape index (κ2) is 10.3. The van der Waals surface area contributed by atoms with E-state index in [-0.39, 0.29) is 31.0 Å². The molecule has 0 saturated carbocycles. The summed E-state index contributed by atoms with van der Waals surface area (Å²) in [5.74, 6) is -1.49. The normalized spacial score (nSPS) is 11.6. The number of hydrogen-bond acceptors (Lipinski definition) is 4. The fourth-order valence-electron chi connectivity index (χ4n) is 2.47. The molecule has 2 amide bonds. The minimum absolute atomic E-state index is 0.0432. The summed E-state index contributed by atoms with van der Waals surface area (Å²) >= 11 is 0. The molecule has 2 aromatic rings. The summed E-state index contributed by atoms with van der Waals surface area (Å²) in [5.41, 5.74) is -0.955. The van der Waals surface area contributed by atoms with Gasteiger partial charge in [-0.1, -0.05) is 12.1 Å². The Labute approximate surface area is 182 Å². The molecule has 0 aliphatic heterocycles. The standard InChI is InChI=1S/C22H24F4N2O4/c1-21(2,3)32-20(30)28-11-10-27-19(29)15-6-9-18(17(23)12-15)31-13-14-4-7-16(8-5-14)22(24,25)26/h4-9,12H,10-11,13H2,1-3H3,(H,27,29)(H,28,30). The summed E-state index contributed by atoms with van der Waals surface area (Å²) in [6, 6.07) is 7.91. The lowest BCUT2D eigenvalue weighted by Gasteiger charge is -2.19. The third-order valence-electron chi connectivity index (χ3n) is 3.95. The molecule has 2 rings (SSSR count).